The van der Waals surface area contributed by atoms with Crippen LogP contribution in [0.4, 0.5) is 0 Å². The van der Waals surface area contributed by atoms with Crippen molar-refractivity contribution in [1.29, 1.82) is 0 Å². The number of hydrogen-bond donors (Lipinski definition) is 0. The van der Waals surface area contributed by atoms with Crippen molar-refractivity contribution < 1.29 is 0 Å². The van der Waals surface area contributed by atoms with Gasteiger partial charge in [0.25, 0.3) is 0 Å². The molecule has 0 aromatic rings. The average Bonchev–Trinajstić information content (AvgIpc) is 1.87. The van der Waals surface area contributed by atoms with Gasteiger partial charge in [0, 0.05) is 0 Å². The van der Waals surface area contributed by atoms with Crippen LogP contribution in [0.3, 0.4) is 0 Å². The van der Waals surface area contributed by atoms with Crippen molar-refractivity contribution in [2.24, 2.45) is 0 Å². The van der Waals surface area contributed by atoms with Crippen LogP contribution in [-0.4, -0.2) is 0 Å². The zero-order valence-electron chi connectivity index (χ0n) is 7.85. The van der Waals surface area contributed by atoms with Crippen LogP contribution in [0.1, 0.15) is 33.6 Å². The molecule has 0 rings (SSSR count). The molecule has 0 bridgehead atoms. The minimum absolute atomic E-state index is 1.15. The molecule has 11 heavy (non-hydrogen) atoms. The molecule has 0 atom stereocenters. The van der Waals surface area contributed by atoms with E-state index in [2.05, 4.69) is 39.5 Å². The molecule has 0 saturated heterocycles. The first-order valence-electron chi connectivity index (χ1n) is 4.08. The lowest BCUT2D eigenvalue weighted by atomic mass is 10.1. The van der Waals surface area contributed by atoms with E-state index in [4.69, 9.17) is 0 Å². The molecule has 0 spiro atoms. The first kappa shape index (κ1) is 10.2. The summed E-state index contributed by atoms with van der Waals surface area (Å²) in [6, 6.07) is 0. The van der Waals surface area contributed by atoms with Gasteiger partial charge in [-0.05, 0) is 33.6 Å². The zero-order chi connectivity index (χ0) is 8.69. The summed E-state index contributed by atoms with van der Waals surface area (Å²) in [6.45, 7) is 10.1. The van der Waals surface area contributed by atoms with E-state index in [-0.39, 0.29) is 0 Å². The van der Waals surface area contributed by atoms with Gasteiger partial charge in [-0.2, -0.15) is 0 Å². The minimum Gasteiger partial charge on any atom is -0.0991 e. The smallest absolute Gasteiger partial charge is 0.0285 e. The van der Waals surface area contributed by atoms with Crippen molar-refractivity contribution in [2.45, 2.75) is 33.6 Å². The molecule has 0 amide bonds. The Hall–Kier alpha value is -0.780. The summed E-state index contributed by atoms with van der Waals surface area (Å²) in [5.41, 5.74) is 2.80. The maximum atomic E-state index is 3.65. The van der Waals surface area contributed by atoms with Gasteiger partial charge in [-0.3, -0.25) is 0 Å². The van der Waals surface area contributed by atoms with Crippen molar-refractivity contribution in [3.8, 4) is 0 Å². The Morgan fingerprint density at radius 2 is 1.91 bits per heavy atom. The molecule has 0 unspecified atom stereocenters. The summed E-state index contributed by atoms with van der Waals surface area (Å²) in [7, 11) is 0. The van der Waals surface area contributed by atoms with Crippen LogP contribution in [0.2, 0.25) is 0 Å². The lowest BCUT2D eigenvalue weighted by Crippen LogP contribution is -1.75. The predicted octanol–water partition coefficient (Wildman–Crippen LogP) is 3.87. The third-order valence-electron chi connectivity index (χ3n) is 1.49. The highest BCUT2D eigenvalue weighted by Crippen LogP contribution is 2.05. The van der Waals surface area contributed by atoms with Gasteiger partial charge in [0.05, 0.1) is 0 Å². The van der Waals surface area contributed by atoms with Crippen LogP contribution in [0, 0.1) is 0 Å². The van der Waals surface area contributed by atoms with E-state index in [0.717, 1.165) is 12.8 Å². The average molecular weight is 150 g/mol. The molecule has 0 N–H and O–H groups in total. The highest BCUT2D eigenvalue weighted by molar-refractivity contribution is 5.08. The maximum Gasteiger partial charge on any atom is -0.0285 e. The Kier molecular flexibility index (Phi) is 5.54. The van der Waals surface area contributed by atoms with Gasteiger partial charge in [0.2, 0.25) is 0 Å². The molecule has 62 valence electrons. The van der Waals surface area contributed by atoms with E-state index < -0.39 is 0 Å². The van der Waals surface area contributed by atoms with E-state index in [1.165, 1.54) is 11.1 Å². The SMILES string of the molecule is C=CC=C(C)CCC=C(C)C. The summed E-state index contributed by atoms with van der Waals surface area (Å²) in [5, 5.41) is 0. The van der Waals surface area contributed by atoms with E-state index in [1.807, 2.05) is 6.08 Å². The molecule has 0 fully saturated rings. The van der Waals surface area contributed by atoms with Gasteiger partial charge >= 0.3 is 0 Å². The second kappa shape index (κ2) is 5.96. The molecule has 0 aliphatic carbocycles. The zero-order valence-corrected chi connectivity index (χ0v) is 7.85. The molecular weight excluding hydrogens is 132 g/mol. The van der Waals surface area contributed by atoms with Gasteiger partial charge in [-0.1, -0.05) is 36.0 Å². The molecule has 0 aliphatic heterocycles. The standard InChI is InChI=1S/C11H18/c1-5-7-11(4)9-6-8-10(2)3/h5,7-8H,1,6,9H2,2-4H3. The summed E-state index contributed by atoms with van der Waals surface area (Å²) in [6.07, 6.45) is 8.48. The lowest BCUT2D eigenvalue weighted by molar-refractivity contribution is 0.967. The van der Waals surface area contributed by atoms with Crippen molar-refractivity contribution in [3.05, 3.63) is 36.0 Å². The predicted molar refractivity (Wildman–Crippen MR) is 52.6 cm³/mol. The van der Waals surface area contributed by atoms with E-state index >= 15 is 0 Å². The van der Waals surface area contributed by atoms with Crippen LogP contribution in [0.15, 0.2) is 36.0 Å². The fourth-order valence-electron chi connectivity index (χ4n) is 0.873. The van der Waals surface area contributed by atoms with Gasteiger partial charge in [-0.15, -0.1) is 0 Å². The largest absolute Gasteiger partial charge is 0.0991 e. The van der Waals surface area contributed by atoms with Crippen molar-refractivity contribution >= 4 is 0 Å². The number of rotatable bonds is 4. The molecular formula is C11H18. The minimum atomic E-state index is 1.15. The second-order valence-corrected chi connectivity index (χ2v) is 3.07. The highest BCUT2D eigenvalue weighted by Gasteiger charge is 1.85. The first-order valence-corrected chi connectivity index (χ1v) is 4.08. The van der Waals surface area contributed by atoms with E-state index in [9.17, 15) is 0 Å². The third-order valence-corrected chi connectivity index (χ3v) is 1.49. The van der Waals surface area contributed by atoms with Crippen LogP contribution in [0.25, 0.3) is 0 Å². The Morgan fingerprint density at radius 3 is 2.36 bits per heavy atom. The Bertz CT molecular complexity index is 166. The topological polar surface area (TPSA) is 0 Å². The Morgan fingerprint density at radius 1 is 1.27 bits per heavy atom. The first-order chi connectivity index (χ1) is 5.16. The summed E-state index contributed by atoms with van der Waals surface area (Å²) < 4.78 is 0. The van der Waals surface area contributed by atoms with E-state index in [0.29, 0.717) is 0 Å². The van der Waals surface area contributed by atoms with Crippen molar-refractivity contribution in [2.75, 3.05) is 0 Å². The molecule has 0 saturated carbocycles. The molecule has 0 aliphatic rings. The second-order valence-electron chi connectivity index (χ2n) is 3.07. The molecule has 0 nitrogen and oxygen atoms in total. The molecule has 0 aromatic carbocycles. The Balaban J connectivity index is 3.63. The maximum absolute atomic E-state index is 3.65. The summed E-state index contributed by atoms with van der Waals surface area (Å²) in [5.74, 6) is 0. The normalized spacial score (nSPS) is 11.0. The number of hydrogen-bond acceptors (Lipinski definition) is 0. The van der Waals surface area contributed by atoms with E-state index in [1.54, 1.807) is 0 Å². The van der Waals surface area contributed by atoms with Crippen molar-refractivity contribution in [3.63, 3.8) is 0 Å². The summed E-state index contributed by atoms with van der Waals surface area (Å²) in [4.78, 5) is 0. The van der Waals surface area contributed by atoms with Gasteiger partial charge in [-0.25, -0.2) is 0 Å². The Labute approximate surface area is 70.3 Å². The quantitative estimate of drug-likeness (QED) is 0.421. The van der Waals surface area contributed by atoms with Crippen molar-refractivity contribution in [1.82, 2.24) is 0 Å². The van der Waals surface area contributed by atoms with Crippen LogP contribution in [-0.2, 0) is 0 Å². The molecule has 0 aromatic heterocycles. The third kappa shape index (κ3) is 7.11. The highest BCUT2D eigenvalue weighted by atomic mass is 13.9. The number of allylic oxidation sites excluding steroid dienone is 5. The van der Waals surface area contributed by atoms with Crippen LogP contribution >= 0.6 is 0 Å². The van der Waals surface area contributed by atoms with Gasteiger partial charge in [0.1, 0.15) is 0 Å². The fourth-order valence-corrected chi connectivity index (χ4v) is 0.873. The van der Waals surface area contributed by atoms with Crippen LogP contribution < -0.4 is 0 Å². The molecule has 0 heteroatoms. The molecule has 0 heterocycles. The lowest BCUT2D eigenvalue weighted by Gasteiger charge is -1.95. The van der Waals surface area contributed by atoms with Gasteiger partial charge < -0.3 is 0 Å². The fraction of sp³-hybridized carbons (Fsp3) is 0.455. The summed E-state index contributed by atoms with van der Waals surface area (Å²) >= 11 is 0. The van der Waals surface area contributed by atoms with Crippen LogP contribution in [0.5, 0.6) is 0 Å². The van der Waals surface area contributed by atoms with Gasteiger partial charge in [0.15, 0.2) is 0 Å². The molecule has 0 radical (unpaired) electrons. The monoisotopic (exact) mass is 150 g/mol.